The van der Waals surface area contributed by atoms with Gasteiger partial charge < -0.3 is 25.0 Å². The average molecular weight is 452 g/mol. The maximum Gasteiger partial charge on any atom is 0.255 e. The molecule has 0 radical (unpaired) electrons. The molecule has 4 rings (SSSR count). The minimum absolute atomic E-state index is 0.0667. The van der Waals surface area contributed by atoms with E-state index in [9.17, 15) is 9.59 Å². The smallest absolute Gasteiger partial charge is 0.255 e. The Bertz CT molecular complexity index is 973. The number of benzene rings is 2. The Kier molecular flexibility index (Phi) is 7.37. The number of nitrogens with zero attached hydrogens (tertiary/aromatic N) is 1. The van der Waals surface area contributed by atoms with Crippen LogP contribution in [0.3, 0.4) is 0 Å². The number of nitrogens with one attached hydrogen (secondary N) is 2. The van der Waals surface area contributed by atoms with E-state index in [0.29, 0.717) is 28.3 Å². The Hall–Kier alpha value is -3.22. The third-order valence-electron chi connectivity index (χ3n) is 6.50. The number of hydrogen-bond acceptors (Lipinski definition) is 5. The van der Waals surface area contributed by atoms with Crippen LogP contribution in [0.4, 0.5) is 11.4 Å². The van der Waals surface area contributed by atoms with Crippen LogP contribution in [0.5, 0.6) is 11.5 Å². The van der Waals surface area contributed by atoms with E-state index in [4.69, 9.17) is 9.47 Å². The molecule has 33 heavy (non-hydrogen) atoms. The van der Waals surface area contributed by atoms with E-state index in [1.54, 1.807) is 38.5 Å². The lowest BCUT2D eigenvalue weighted by Crippen LogP contribution is -2.37. The number of carbonyl (C=O) groups excluding carboxylic acids is 2. The topological polar surface area (TPSA) is 79.9 Å². The van der Waals surface area contributed by atoms with Crippen LogP contribution in [0.2, 0.25) is 0 Å². The Morgan fingerprint density at radius 3 is 2.15 bits per heavy atom. The predicted octanol–water partition coefficient (Wildman–Crippen LogP) is 4.62. The lowest BCUT2D eigenvalue weighted by atomic mass is 9.95. The molecule has 2 aromatic carbocycles. The third kappa shape index (κ3) is 5.59. The Morgan fingerprint density at radius 1 is 0.848 bits per heavy atom. The summed E-state index contributed by atoms with van der Waals surface area (Å²) in [5.41, 5.74) is 2.55. The maximum absolute atomic E-state index is 13.3. The van der Waals surface area contributed by atoms with Crippen LogP contribution in [0, 0.1) is 0 Å². The van der Waals surface area contributed by atoms with Crippen molar-refractivity contribution in [2.75, 3.05) is 37.5 Å². The summed E-state index contributed by atoms with van der Waals surface area (Å²) in [7, 11) is 3.09. The van der Waals surface area contributed by atoms with Crippen LogP contribution >= 0.6 is 0 Å². The SMILES string of the molecule is COc1cc(OC)cc(C(=O)Nc2ccc(N3CCCC3)c(C(=O)NC3CCCCC3)c2)c1. The molecule has 1 saturated heterocycles. The summed E-state index contributed by atoms with van der Waals surface area (Å²) in [6.07, 6.45) is 7.85. The van der Waals surface area contributed by atoms with Gasteiger partial charge in [-0.15, -0.1) is 0 Å². The number of rotatable bonds is 7. The lowest BCUT2D eigenvalue weighted by molar-refractivity contribution is 0.0927. The Morgan fingerprint density at radius 2 is 1.52 bits per heavy atom. The van der Waals surface area contributed by atoms with E-state index in [2.05, 4.69) is 15.5 Å². The van der Waals surface area contributed by atoms with Gasteiger partial charge in [-0.3, -0.25) is 9.59 Å². The molecule has 176 valence electrons. The first kappa shape index (κ1) is 23.0. The fourth-order valence-corrected chi connectivity index (χ4v) is 4.68. The van der Waals surface area contributed by atoms with Crippen molar-refractivity contribution in [1.82, 2.24) is 5.32 Å². The summed E-state index contributed by atoms with van der Waals surface area (Å²) >= 11 is 0. The summed E-state index contributed by atoms with van der Waals surface area (Å²) < 4.78 is 10.5. The molecule has 2 fully saturated rings. The zero-order chi connectivity index (χ0) is 23.2. The van der Waals surface area contributed by atoms with Crippen molar-refractivity contribution in [3.8, 4) is 11.5 Å². The largest absolute Gasteiger partial charge is 0.497 e. The van der Waals surface area contributed by atoms with Crippen molar-refractivity contribution in [2.45, 2.75) is 51.0 Å². The molecule has 0 spiro atoms. The fraction of sp³-hybridized carbons (Fsp3) is 0.462. The highest BCUT2D eigenvalue weighted by molar-refractivity contribution is 6.06. The van der Waals surface area contributed by atoms with E-state index in [-0.39, 0.29) is 17.9 Å². The zero-order valence-corrected chi connectivity index (χ0v) is 19.5. The van der Waals surface area contributed by atoms with Crippen LogP contribution in [0.15, 0.2) is 36.4 Å². The van der Waals surface area contributed by atoms with E-state index < -0.39 is 0 Å². The minimum Gasteiger partial charge on any atom is -0.497 e. The molecule has 0 unspecified atom stereocenters. The van der Waals surface area contributed by atoms with Gasteiger partial charge in [-0.25, -0.2) is 0 Å². The summed E-state index contributed by atoms with van der Waals surface area (Å²) in [5, 5.41) is 6.16. The second-order valence-electron chi connectivity index (χ2n) is 8.79. The summed E-state index contributed by atoms with van der Waals surface area (Å²) in [6.45, 7) is 1.89. The van der Waals surface area contributed by atoms with E-state index >= 15 is 0 Å². The quantitative estimate of drug-likeness (QED) is 0.642. The monoisotopic (exact) mass is 451 g/mol. The second-order valence-corrected chi connectivity index (χ2v) is 8.79. The van der Waals surface area contributed by atoms with Crippen molar-refractivity contribution < 1.29 is 19.1 Å². The van der Waals surface area contributed by atoms with Gasteiger partial charge in [-0.2, -0.15) is 0 Å². The van der Waals surface area contributed by atoms with Gasteiger partial charge in [0.2, 0.25) is 0 Å². The summed E-state index contributed by atoms with van der Waals surface area (Å²) in [5.74, 6) is 0.718. The van der Waals surface area contributed by atoms with Crippen LogP contribution in [-0.4, -0.2) is 45.2 Å². The molecule has 1 aliphatic heterocycles. The van der Waals surface area contributed by atoms with Gasteiger partial charge in [0.05, 0.1) is 19.8 Å². The highest BCUT2D eigenvalue weighted by Gasteiger charge is 2.23. The molecule has 7 nitrogen and oxygen atoms in total. The van der Waals surface area contributed by atoms with Crippen molar-refractivity contribution >= 4 is 23.2 Å². The molecule has 0 atom stereocenters. The van der Waals surface area contributed by atoms with Crippen LogP contribution in [-0.2, 0) is 0 Å². The van der Waals surface area contributed by atoms with Crippen LogP contribution in [0.25, 0.3) is 0 Å². The number of amides is 2. The van der Waals surface area contributed by atoms with Crippen LogP contribution < -0.4 is 25.0 Å². The van der Waals surface area contributed by atoms with E-state index in [1.165, 1.54) is 6.42 Å². The standard InChI is InChI=1S/C26H33N3O4/c1-32-21-14-18(15-22(17-21)33-2)25(30)28-20-10-11-24(29-12-6-7-13-29)23(16-20)26(31)27-19-8-4-3-5-9-19/h10-11,14-17,19H,3-9,12-13H2,1-2H3,(H,27,31)(H,28,30). The molecule has 2 N–H and O–H groups in total. The molecule has 1 heterocycles. The van der Waals surface area contributed by atoms with E-state index in [0.717, 1.165) is 57.3 Å². The summed E-state index contributed by atoms with van der Waals surface area (Å²) in [6, 6.07) is 10.9. The van der Waals surface area contributed by atoms with Gasteiger partial charge in [0.15, 0.2) is 0 Å². The van der Waals surface area contributed by atoms with E-state index in [1.807, 2.05) is 12.1 Å². The number of carbonyl (C=O) groups is 2. The predicted molar refractivity (Wildman–Crippen MR) is 130 cm³/mol. The first-order valence-electron chi connectivity index (χ1n) is 11.8. The molecule has 7 heteroatoms. The number of methoxy groups -OCH3 is 2. The summed E-state index contributed by atoms with van der Waals surface area (Å²) in [4.78, 5) is 28.5. The molecular weight excluding hydrogens is 418 g/mol. The molecule has 0 aromatic heterocycles. The van der Waals surface area contributed by atoms with Gasteiger partial charge in [-0.05, 0) is 56.0 Å². The van der Waals surface area contributed by atoms with Gasteiger partial charge in [0.25, 0.3) is 11.8 Å². The first-order chi connectivity index (χ1) is 16.1. The second kappa shape index (κ2) is 10.6. The van der Waals surface area contributed by atoms with Gasteiger partial charge in [0.1, 0.15) is 11.5 Å². The fourth-order valence-electron chi connectivity index (χ4n) is 4.68. The van der Waals surface area contributed by atoms with Crippen molar-refractivity contribution in [2.24, 2.45) is 0 Å². The minimum atomic E-state index is -0.292. The number of anilines is 2. The van der Waals surface area contributed by atoms with Crippen LogP contribution in [0.1, 0.15) is 65.7 Å². The first-order valence-corrected chi connectivity index (χ1v) is 11.8. The Balaban J connectivity index is 1.57. The molecule has 1 saturated carbocycles. The lowest BCUT2D eigenvalue weighted by Gasteiger charge is -2.25. The van der Waals surface area contributed by atoms with Crippen molar-refractivity contribution in [3.63, 3.8) is 0 Å². The average Bonchev–Trinajstić information content (AvgIpc) is 3.39. The Labute approximate surface area is 195 Å². The molecule has 2 aliphatic rings. The highest BCUT2D eigenvalue weighted by Crippen LogP contribution is 2.29. The highest BCUT2D eigenvalue weighted by atomic mass is 16.5. The van der Waals surface area contributed by atoms with Crippen molar-refractivity contribution in [1.29, 1.82) is 0 Å². The molecule has 2 aromatic rings. The third-order valence-corrected chi connectivity index (χ3v) is 6.50. The molecule has 2 amide bonds. The van der Waals surface area contributed by atoms with Crippen molar-refractivity contribution in [3.05, 3.63) is 47.5 Å². The molecular formula is C26H33N3O4. The van der Waals surface area contributed by atoms with Gasteiger partial charge in [-0.1, -0.05) is 19.3 Å². The molecule has 1 aliphatic carbocycles. The number of hydrogen-bond donors (Lipinski definition) is 2. The zero-order valence-electron chi connectivity index (χ0n) is 19.5. The molecule has 0 bridgehead atoms. The van der Waals surface area contributed by atoms with Gasteiger partial charge in [0, 0.05) is 42.1 Å². The van der Waals surface area contributed by atoms with Gasteiger partial charge >= 0.3 is 0 Å². The normalized spacial score (nSPS) is 16.4. The maximum atomic E-state index is 13.3. The number of ether oxygens (including phenoxy) is 2.